The summed E-state index contributed by atoms with van der Waals surface area (Å²) < 4.78 is 38.9. The van der Waals surface area contributed by atoms with Crippen LogP contribution in [0, 0.1) is 0 Å². The van der Waals surface area contributed by atoms with Gasteiger partial charge in [-0.2, -0.15) is 23.4 Å². The van der Waals surface area contributed by atoms with E-state index in [2.05, 4.69) is 15.4 Å². The van der Waals surface area contributed by atoms with Crippen molar-refractivity contribution in [1.82, 2.24) is 10.2 Å². The number of benzene rings is 1. The van der Waals surface area contributed by atoms with Gasteiger partial charge in [0.25, 0.3) is 0 Å². The Kier molecular flexibility index (Phi) is 7.27. The van der Waals surface area contributed by atoms with E-state index in [1.165, 1.54) is 24.5 Å². The molecule has 1 aromatic heterocycles. The third kappa shape index (κ3) is 6.69. The molecule has 6 nitrogen and oxygen atoms in total. The zero-order valence-corrected chi connectivity index (χ0v) is 14.3. The number of aromatic nitrogens is 2. The van der Waals surface area contributed by atoms with Crippen molar-refractivity contribution in [2.24, 2.45) is 5.16 Å². The van der Waals surface area contributed by atoms with Crippen LogP contribution in [0.2, 0.25) is 0 Å². The maximum atomic E-state index is 13.0. The highest BCUT2D eigenvalue weighted by atomic mass is 19.4. The van der Waals surface area contributed by atoms with E-state index >= 15 is 0 Å². The first-order valence-corrected chi connectivity index (χ1v) is 8.24. The van der Waals surface area contributed by atoms with Gasteiger partial charge in [0.1, 0.15) is 12.3 Å². The van der Waals surface area contributed by atoms with Gasteiger partial charge >= 0.3 is 12.1 Å². The SMILES string of the molecule is O=C(O)CCCCCO/N=C(\c1ccnnc1)c1cccc(C(F)(F)F)c1. The quantitative estimate of drug-likeness (QED) is 0.404. The van der Waals surface area contributed by atoms with E-state index in [4.69, 9.17) is 9.94 Å². The molecule has 0 radical (unpaired) electrons. The third-order valence-electron chi connectivity index (χ3n) is 3.60. The third-order valence-corrected chi connectivity index (χ3v) is 3.60. The van der Waals surface area contributed by atoms with Gasteiger partial charge in [0.05, 0.1) is 18.0 Å². The normalized spacial score (nSPS) is 12.0. The molecule has 1 aromatic carbocycles. The average Bonchev–Trinajstić information content (AvgIpc) is 2.64. The molecule has 27 heavy (non-hydrogen) atoms. The van der Waals surface area contributed by atoms with E-state index in [0.717, 1.165) is 12.1 Å². The molecule has 0 saturated carbocycles. The molecule has 9 heteroatoms. The average molecular weight is 381 g/mol. The summed E-state index contributed by atoms with van der Waals surface area (Å²) in [5.74, 6) is -0.856. The second kappa shape index (κ2) is 9.65. The van der Waals surface area contributed by atoms with E-state index in [0.29, 0.717) is 24.8 Å². The Balaban J connectivity index is 2.12. The summed E-state index contributed by atoms with van der Waals surface area (Å²) in [6.45, 7) is 0.223. The van der Waals surface area contributed by atoms with E-state index in [1.54, 1.807) is 6.07 Å². The molecular weight excluding hydrogens is 363 g/mol. The fourth-order valence-corrected chi connectivity index (χ4v) is 2.28. The smallest absolute Gasteiger partial charge is 0.416 e. The summed E-state index contributed by atoms with van der Waals surface area (Å²) in [6.07, 6.45) is 0.166. The van der Waals surface area contributed by atoms with Gasteiger partial charge in [0.2, 0.25) is 0 Å². The zero-order chi connectivity index (χ0) is 19.7. The summed E-state index contributed by atoms with van der Waals surface area (Å²) >= 11 is 0. The van der Waals surface area contributed by atoms with Gasteiger partial charge in [0, 0.05) is 17.5 Å². The molecule has 0 aliphatic carbocycles. The number of unbranched alkanes of at least 4 members (excludes halogenated alkanes) is 2. The lowest BCUT2D eigenvalue weighted by Crippen LogP contribution is -2.10. The number of hydrogen-bond donors (Lipinski definition) is 1. The minimum absolute atomic E-state index is 0.0848. The van der Waals surface area contributed by atoms with E-state index in [1.807, 2.05) is 0 Å². The number of alkyl halides is 3. The topological polar surface area (TPSA) is 84.7 Å². The van der Waals surface area contributed by atoms with Crippen LogP contribution in [0.25, 0.3) is 0 Å². The summed E-state index contributed by atoms with van der Waals surface area (Å²) in [7, 11) is 0. The number of nitrogens with zero attached hydrogens (tertiary/aromatic N) is 3. The Morgan fingerprint density at radius 1 is 1.11 bits per heavy atom. The van der Waals surface area contributed by atoms with E-state index in [-0.39, 0.29) is 24.3 Å². The van der Waals surface area contributed by atoms with Crippen LogP contribution in [0.5, 0.6) is 0 Å². The van der Waals surface area contributed by atoms with E-state index < -0.39 is 17.7 Å². The first-order valence-electron chi connectivity index (χ1n) is 8.24. The van der Waals surface area contributed by atoms with Crippen LogP contribution in [0.1, 0.15) is 42.4 Å². The maximum Gasteiger partial charge on any atom is 0.416 e. The molecule has 0 fully saturated rings. The standard InChI is InChI=1S/C18H18F3N3O3/c19-18(20,21)15-6-4-5-13(11-15)17(14-8-9-22-23-12-14)24-27-10-3-1-2-7-16(25)26/h4-6,8-9,11-12H,1-3,7,10H2,(H,25,26)/b24-17-. The summed E-state index contributed by atoms with van der Waals surface area (Å²) in [5, 5.41) is 19.9. The second-order valence-electron chi connectivity index (χ2n) is 5.69. The number of halogens is 3. The van der Waals surface area contributed by atoms with Crippen molar-refractivity contribution in [3.8, 4) is 0 Å². The molecule has 2 rings (SSSR count). The van der Waals surface area contributed by atoms with Crippen LogP contribution < -0.4 is 0 Å². The van der Waals surface area contributed by atoms with Crippen molar-refractivity contribution in [3.05, 3.63) is 59.4 Å². The maximum absolute atomic E-state index is 13.0. The minimum atomic E-state index is -4.47. The molecule has 144 valence electrons. The molecule has 1 heterocycles. The fourth-order valence-electron chi connectivity index (χ4n) is 2.28. The lowest BCUT2D eigenvalue weighted by Gasteiger charge is -2.11. The largest absolute Gasteiger partial charge is 0.481 e. The Morgan fingerprint density at radius 2 is 1.93 bits per heavy atom. The van der Waals surface area contributed by atoms with Gasteiger partial charge < -0.3 is 9.94 Å². The van der Waals surface area contributed by atoms with Gasteiger partial charge in [0.15, 0.2) is 0 Å². The van der Waals surface area contributed by atoms with Crippen molar-refractivity contribution in [2.45, 2.75) is 31.9 Å². The summed E-state index contributed by atoms with van der Waals surface area (Å²) in [4.78, 5) is 15.7. The van der Waals surface area contributed by atoms with Crippen LogP contribution in [0.3, 0.4) is 0 Å². The molecule has 2 aromatic rings. The number of rotatable bonds is 9. The number of carboxylic acid groups (broad SMARTS) is 1. The van der Waals surface area contributed by atoms with Crippen LogP contribution >= 0.6 is 0 Å². The van der Waals surface area contributed by atoms with Gasteiger partial charge in [-0.25, -0.2) is 0 Å². The molecular formula is C18H18F3N3O3. The van der Waals surface area contributed by atoms with Crippen LogP contribution in [-0.4, -0.2) is 33.6 Å². The fraction of sp³-hybridized carbons (Fsp3) is 0.333. The Labute approximate surface area is 153 Å². The predicted octanol–water partition coefficient (Wildman–Crippen LogP) is 3.91. The zero-order valence-electron chi connectivity index (χ0n) is 14.3. The number of carboxylic acids is 1. The molecule has 0 bridgehead atoms. The van der Waals surface area contributed by atoms with Gasteiger partial charge in [-0.1, -0.05) is 17.3 Å². The van der Waals surface area contributed by atoms with E-state index in [9.17, 15) is 18.0 Å². The predicted molar refractivity (Wildman–Crippen MR) is 91.2 cm³/mol. The molecule has 0 spiro atoms. The number of hydrogen-bond acceptors (Lipinski definition) is 5. The Hall–Kier alpha value is -2.97. The van der Waals surface area contributed by atoms with Gasteiger partial charge in [-0.3, -0.25) is 4.79 Å². The van der Waals surface area contributed by atoms with Crippen molar-refractivity contribution in [2.75, 3.05) is 6.61 Å². The van der Waals surface area contributed by atoms with Crippen molar-refractivity contribution >= 4 is 11.7 Å². The first-order chi connectivity index (χ1) is 12.9. The highest BCUT2D eigenvalue weighted by Crippen LogP contribution is 2.30. The molecule has 0 aliphatic heterocycles. The Morgan fingerprint density at radius 3 is 2.59 bits per heavy atom. The molecule has 0 aliphatic rings. The van der Waals surface area contributed by atoms with Crippen molar-refractivity contribution < 1.29 is 27.9 Å². The molecule has 0 atom stereocenters. The lowest BCUT2D eigenvalue weighted by molar-refractivity contribution is -0.138. The summed E-state index contributed by atoms with van der Waals surface area (Å²) in [5.41, 5.74) is 0.129. The molecule has 0 unspecified atom stereocenters. The second-order valence-corrected chi connectivity index (χ2v) is 5.69. The summed E-state index contributed by atoms with van der Waals surface area (Å²) in [6, 6.07) is 6.35. The van der Waals surface area contributed by atoms with Crippen LogP contribution in [0.15, 0.2) is 47.9 Å². The number of aliphatic carboxylic acids is 1. The van der Waals surface area contributed by atoms with Crippen LogP contribution in [-0.2, 0) is 15.8 Å². The monoisotopic (exact) mass is 381 g/mol. The molecule has 0 saturated heterocycles. The van der Waals surface area contributed by atoms with Gasteiger partial charge in [-0.05, 0) is 37.5 Å². The van der Waals surface area contributed by atoms with Gasteiger partial charge in [-0.15, -0.1) is 0 Å². The number of oxime groups is 1. The molecule has 1 N–H and O–H groups in total. The molecule has 0 amide bonds. The van der Waals surface area contributed by atoms with Crippen molar-refractivity contribution in [3.63, 3.8) is 0 Å². The van der Waals surface area contributed by atoms with Crippen LogP contribution in [0.4, 0.5) is 13.2 Å². The minimum Gasteiger partial charge on any atom is -0.481 e. The van der Waals surface area contributed by atoms with Crippen molar-refractivity contribution in [1.29, 1.82) is 0 Å². The highest BCUT2D eigenvalue weighted by molar-refractivity contribution is 6.12. The lowest BCUT2D eigenvalue weighted by atomic mass is 10.0. The number of carbonyl (C=O) groups is 1. The highest BCUT2D eigenvalue weighted by Gasteiger charge is 2.30. The Bertz CT molecular complexity index is 780. The first kappa shape index (κ1) is 20.3.